The first-order chi connectivity index (χ1) is 21.4. The fraction of sp³-hybridized carbons (Fsp3) is 0.459. The molecular formula is C37H51N6O2P. The predicted octanol–water partition coefficient (Wildman–Crippen LogP) is 8.24. The van der Waals surface area contributed by atoms with Crippen molar-refractivity contribution in [3.63, 3.8) is 0 Å². The molecule has 2 aromatic heterocycles. The molecule has 0 radical (unpaired) electrons. The zero-order valence-electron chi connectivity index (χ0n) is 29.0. The smallest absolute Gasteiger partial charge is 0.246 e. The topological polar surface area (TPSA) is 116 Å². The lowest BCUT2D eigenvalue weighted by molar-refractivity contribution is -0.134. The molecule has 246 valence electrons. The number of carbonyl (C=O) groups is 2. The number of rotatable bonds is 10. The molecule has 0 saturated carbocycles. The van der Waals surface area contributed by atoms with Gasteiger partial charge in [0.05, 0.1) is 29.8 Å². The van der Waals surface area contributed by atoms with Gasteiger partial charge in [-0.25, -0.2) is 9.97 Å². The maximum atomic E-state index is 13.6. The third kappa shape index (κ3) is 8.33. The maximum absolute atomic E-state index is 13.6. The summed E-state index contributed by atoms with van der Waals surface area (Å²) in [6.07, 6.45) is 4.24. The summed E-state index contributed by atoms with van der Waals surface area (Å²) in [5, 5.41) is 6.07. The van der Waals surface area contributed by atoms with Crippen LogP contribution in [0.1, 0.15) is 99.0 Å². The zero-order valence-corrected chi connectivity index (χ0v) is 30.2. The monoisotopic (exact) mass is 642 g/mol. The van der Waals surface area contributed by atoms with Crippen LogP contribution >= 0.6 is 9.24 Å². The first-order valence-corrected chi connectivity index (χ1v) is 16.7. The van der Waals surface area contributed by atoms with Gasteiger partial charge in [0, 0.05) is 12.6 Å². The highest BCUT2D eigenvalue weighted by Crippen LogP contribution is 2.39. The second-order valence-electron chi connectivity index (χ2n) is 15.2. The van der Waals surface area contributed by atoms with Crippen LogP contribution in [-0.4, -0.2) is 37.3 Å². The minimum absolute atomic E-state index is 0.0990. The first-order valence-electron chi connectivity index (χ1n) is 16.0. The largest absolute Gasteiger partial charge is 0.344 e. The van der Waals surface area contributed by atoms with Crippen molar-refractivity contribution in [2.24, 2.45) is 16.7 Å². The van der Waals surface area contributed by atoms with E-state index in [-0.39, 0.29) is 34.2 Å². The number of aromatic amines is 2. The molecule has 4 aromatic rings. The van der Waals surface area contributed by atoms with Gasteiger partial charge in [-0.2, -0.15) is 0 Å². The van der Waals surface area contributed by atoms with Gasteiger partial charge < -0.3 is 20.6 Å². The van der Waals surface area contributed by atoms with E-state index in [4.69, 9.17) is 4.98 Å². The van der Waals surface area contributed by atoms with Gasteiger partial charge in [0.2, 0.25) is 11.8 Å². The number of nitrogens with one attached hydrogen (secondary N) is 4. The summed E-state index contributed by atoms with van der Waals surface area (Å²) >= 11 is 0. The lowest BCUT2D eigenvalue weighted by Crippen LogP contribution is -2.58. The Morgan fingerprint density at radius 2 is 1.17 bits per heavy atom. The zero-order chi connectivity index (χ0) is 34.0. The summed E-state index contributed by atoms with van der Waals surface area (Å²) in [5.74, 6) is 1.40. The SMILES string of the molecule is CC(=O)NC(C)(CC(C)C)C(=O)N[C@H](c1ncc(-c2ccc(-c3ccc(-c4cnc([C@@H](P)C(C)(C)C)[nH]4)cc3)cc2)[nH]1)C(C)(C)C. The van der Waals surface area contributed by atoms with E-state index >= 15 is 0 Å². The summed E-state index contributed by atoms with van der Waals surface area (Å²) in [5.41, 5.74) is 5.17. The minimum Gasteiger partial charge on any atom is -0.344 e. The van der Waals surface area contributed by atoms with Gasteiger partial charge in [0.15, 0.2) is 0 Å². The molecule has 9 heteroatoms. The van der Waals surface area contributed by atoms with Crippen molar-refractivity contribution in [3.05, 3.63) is 72.6 Å². The molecule has 0 fully saturated rings. The van der Waals surface area contributed by atoms with E-state index < -0.39 is 11.6 Å². The van der Waals surface area contributed by atoms with Gasteiger partial charge >= 0.3 is 0 Å². The van der Waals surface area contributed by atoms with Crippen molar-refractivity contribution < 1.29 is 9.59 Å². The van der Waals surface area contributed by atoms with Crippen molar-refractivity contribution >= 4 is 21.1 Å². The lowest BCUT2D eigenvalue weighted by Gasteiger charge is -2.36. The number of H-pyrrole nitrogens is 2. The van der Waals surface area contributed by atoms with Crippen LogP contribution in [0.2, 0.25) is 0 Å². The molecule has 2 heterocycles. The number of nitrogens with zero attached hydrogens (tertiary/aromatic N) is 2. The van der Waals surface area contributed by atoms with Crippen LogP contribution in [-0.2, 0) is 9.59 Å². The number of aromatic nitrogens is 4. The highest BCUT2D eigenvalue weighted by molar-refractivity contribution is 7.17. The van der Waals surface area contributed by atoms with Gasteiger partial charge in [0.1, 0.15) is 17.2 Å². The molecule has 0 aliphatic heterocycles. The first kappa shape index (κ1) is 35.1. The quantitative estimate of drug-likeness (QED) is 0.130. The predicted molar refractivity (Wildman–Crippen MR) is 191 cm³/mol. The Kier molecular flexibility index (Phi) is 10.3. The molecule has 2 amide bonds. The highest BCUT2D eigenvalue weighted by atomic mass is 31.0. The third-order valence-corrected chi connectivity index (χ3v) is 9.64. The second kappa shape index (κ2) is 13.5. The van der Waals surface area contributed by atoms with Crippen LogP contribution in [0.25, 0.3) is 33.6 Å². The molecule has 0 saturated heterocycles. The van der Waals surface area contributed by atoms with E-state index in [1.165, 1.54) is 6.92 Å². The van der Waals surface area contributed by atoms with Gasteiger partial charge in [-0.05, 0) is 52.3 Å². The molecule has 4 atom stereocenters. The van der Waals surface area contributed by atoms with E-state index in [2.05, 4.69) is 125 Å². The van der Waals surface area contributed by atoms with Crippen molar-refractivity contribution in [3.8, 4) is 33.6 Å². The van der Waals surface area contributed by atoms with Crippen LogP contribution in [0.5, 0.6) is 0 Å². The third-order valence-electron chi connectivity index (χ3n) is 8.33. The Hall–Kier alpha value is -3.77. The van der Waals surface area contributed by atoms with Gasteiger partial charge in [-0.15, -0.1) is 9.24 Å². The van der Waals surface area contributed by atoms with Gasteiger partial charge in [-0.1, -0.05) is 104 Å². The lowest BCUT2D eigenvalue weighted by atomic mass is 9.84. The number of hydrogen-bond acceptors (Lipinski definition) is 4. The number of imidazole rings is 2. The van der Waals surface area contributed by atoms with Crippen molar-refractivity contribution in [2.45, 2.75) is 92.9 Å². The Labute approximate surface area is 276 Å². The summed E-state index contributed by atoms with van der Waals surface area (Å²) < 4.78 is 0. The summed E-state index contributed by atoms with van der Waals surface area (Å²) in [7, 11) is 2.90. The van der Waals surface area contributed by atoms with E-state index in [0.717, 1.165) is 39.5 Å². The molecule has 0 bridgehead atoms. The normalized spacial score (nSPS) is 14.9. The maximum Gasteiger partial charge on any atom is 0.246 e. The Balaban J connectivity index is 1.50. The summed E-state index contributed by atoms with van der Waals surface area (Å²) in [6.45, 7) is 20.1. The summed E-state index contributed by atoms with van der Waals surface area (Å²) in [6, 6.07) is 16.5. The van der Waals surface area contributed by atoms with Crippen LogP contribution < -0.4 is 10.6 Å². The average molecular weight is 643 g/mol. The fourth-order valence-electron chi connectivity index (χ4n) is 5.76. The second-order valence-corrected chi connectivity index (χ2v) is 15.9. The molecule has 8 nitrogen and oxygen atoms in total. The van der Waals surface area contributed by atoms with Crippen LogP contribution in [0.4, 0.5) is 0 Å². The highest BCUT2D eigenvalue weighted by Gasteiger charge is 2.39. The van der Waals surface area contributed by atoms with E-state index in [9.17, 15) is 9.59 Å². The Bertz CT molecular complexity index is 1640. The number of carbonyl (C=O) groups excluding carboxylic acids is 2. The van der Waals surface area contributed by atoms with Crippen molar-refractivity contribution in [1.82, 2.24) is 30.6 Å². The Morgan fingerprint density at radius 3 is 1.59 bits per heavy atom. The molecular weight excluding hydrogens is 591 g/mol. The van der Waals surface area contributed by atoms with E-state index in [0.29, 0.717) is 12.2 Å². The van der Waals surface area contributed by atoms with Gasteiger partial charge in [0.25, 0.3) is 0 Å². The molecule has 0 aliphatic carbocycles. The van der Waals surface area contributed by atoms with Crippen LogP contribution in [0.3, 0.4) is 0 Å². The van der Waals surface area contributed by atoms with E-state index in [1.54, 1.807) is 6.92 Å². The minimum atomic E-state index is -1.03. The van der Waals surface area contributed by atoms with Gasteiger partial charge in [-0.3, -0.25) is 9.59 Å². The molecule has 2 aromatic carbocycles. The Morgan fingerprint density at radius 1 is 0.739 bits per heavy atom. The number of benzene rings is 2. The standard InChI is InChI=1S/C37H51N6O2P/c1-22(2)19-37(10,43-23(3)44)34(45)42-30(35(4,5)6)32-38-20-28(40-32)26-15-11-24(12-16-26)25-13-17-27(18-14-25)29-21-39-33(41-29)31(46)36(7,8)9/h11-18,20-22,30-31H,19,46H2,1-10H3,(H,38,40)(H,39,41)(H,42,45)(H,43,44)/t30-,31-,37?/m1/s1. The molecule has 0 aliphatic rings. The number of hydrogen-bond donors (Lipinski definition) is 4. The number of amides is 2. The van der Waals surface area contributed by atoms with Crippen LogP contribution in [0, 0.1) is 16.7 Å². The average Bonchev–Trinajstić information content (AvgIpc) is 3.64. The molecule has 0 spiro atoms. The fourth-order valence-corrected chi connectivity index (χ4v) is 5.93. The van der Waals surface area contributed by atoms with Crippen molar-refractivity contribution in [2.75, 3.05) is 0 Å². The molecule has 4 N–H and O–H groups in total. The molecule has 2 unspecified atom stereocenters. The van der Waals surface area contributed by atoms with E-state index in [1.807, 2.05) is 26.2 Å². The molecule has 4 rings (SSSR count). The summed E-state index contributed by atoms with van der Waals surface area (Å²) in [4.78, 5) is 41.9. The van der Waals surface area contributed by atoms with Crippen molar-refractivity contribution in [1.29, 1.82) is 0 Å². The van der Waals surface area contributed by atoms with Crippen LogP contribution in [0.15, 0.2) is 60.9 Å². The molecule has 46 heavy (non-hydrogen) atoms.